The first kappa shape index (κ1) is 31.2. The number of anilines is 2. The fraction of sp³-hybridized carbons (Fsp3) is 0.0938. The van der Waals surface area contributed by atoms with Crippen LogP contribution < -0.4 is 16.0 Å². The molecule has 0 aromatic heterocycles. The first-order chi connectivity index (χ1) is 20.1. The van der Waals surface area contributed by atoms with Crippen LogP contribution in [0.4, 0.5) is 11.4 Å². The molecule has 4 aromatic carbocycles. The van der Waals surface area contributed by atoms with Crippen molar-refractivity contribution in [2.45, 2.75) is 24.0 Å². The topological polar surface area (TPSA) is 87.3 Å². The van der Waals surface area contributed by atoms with E-state index in [2.05, 4.69) is 16.0 Å². The van der Waals surface area contributed by atoms with E-state index < -0.39 is 17.1 Å². The smallest absolute Gasteiger partial charge is 0.272 e. The summed E-state index contributed by atoms with van der Waals surface area (Å²) < 4.78 is 0. The molecule has 0 aliphatic rings. The van der Waals surface area contributed by atoms with E-state index in [1.54, 1.807) is 91.9 Å². The lowest BCUT2D eigenvalue weighted by Crippen LogP contribution is -2.30. The molecule has 10 heteroatoms. The van der Waals surface area contributed by atoms with Crippen LogP contribution in [-0.4, -0.2) is 23.0 Å². The molecular formula is C32H26Cl3N3O3S. The average Bonchev–Trinajstić information content (AvgIpc) is 2.97. The summed E-state index contributed by atoms with van der Waals surface area (Å²) in [5.74, 6) is -1.20. The zero-order chi connectivity index (χ0) is 30.2. The van der Waals surface area contributed by atoms with Crippen LogP contribution in [0.15, 0.2) is 102 Å². The monoisotopic (exact) mass is 637 g/mol. The summed E-state index contributed by atoms with van der Waals surface area (Å²) in [7, 11) is 0. The molecule has 214 valence electrons. The fourth-order valence-electron chi connectivity index (χ4n) is 3.80. The predicted molar refractivity (Wildman–Crippen MR) is 174 cm³/mol. The summed E-state index contributed by atoms with van der Waals surface area (Å²) in [6.07, 6.45) is 1.48. The molecule has 0 aliphatic heterocycles. The molecule has 0 saturated carbocycles. The van der Waals surface area contributed by atoms with E-state index in [1.807, 2.05) is 13.0 Å². The number of hydrogen-bond acceptors (Lipinski definition) is 4. The Morgan fingerprint density at radius 1 is 0.810 bits per heavy atom. The molecule has 0 heterocycles. The lowest BCUT2D eigenvalue weighted by atomic mass is 10.1. The third-order valence-electron chi connectivity index (χ3n) is 6.09. The summed E-state index contributed by atoms with van der Waals surface area (Å²) in [4.78, 5) is 40.0. The summed E-state index contributed by atoms with van der Waals surface area (Å²) in [5.41, 5.74) is 2.79. The second-order valence-electron chi connectivity index (χ2n) is 9.19. The highest BCUT2D eigenvalue weighted by atomic mass is 35.5. The van der Waals surface area contributed by atoms with Crippen LogP contribution in [0.5, 0.6) is 0 Å². The molecule has 3 amide bonds. The fourth-order valence-corrected chi connectivity index (χ4v) is 5.36. The first-order valence-corrected chi connectivity index (χ1v) is 14.8. The Kier molecular flexibility index (Phi) is 10.7. The van der Waals surface area contributed by atoms with Gasteiger partial charge < -0.3 is 16.0 Å². The SMILES string of the molecule is Cc1c(Cl)cccc1NC(=O)C(C)Sc1cccc(NC(=O)/C(=C\c2ccc(Cl)cc2Cl)NC(=O)c2ccccc2)c1. The highest BCUT2D eigenvalue weighted by molar-refractivity contribution is 8.00. The summed E-state index contributed by atoms with van der Waals surface area (Å²) in [6, 6.07) is 25.8. The number of benzene rings is 4. The number of carbonyl (C=O) groups is 3. The van der Waals surface area contributed by atoms with Gasteiger partial charge in [0.05, 0.1) is 5.25 Å². The Balaban J connectivity index is 1.50. The molecule has 0 spiro atoms. The maximum absolute atomic E-state index is 13.4. The molecule has 1 unspecified atom stereocenters. The van der Waals surface area contributed by atoms with Gasteiger partial charge in [0.2, 0.25) is 5.91 Å². The van der Waals surface area contributed by atoms with Crippen molar-refractivity contribution in [1.29, 1.82) is 0 Å². The first-order valence-electron chi connectivity index (χ1n) is 12.8. The van der Waals surface area contributed by atoms with Gasteiger partial charge in [0, 0.05) is 36.9 Å². The number of hydrogen-bond donors (Lipinski definition) is 3. The Morgan fingerprint density at radius 3 is 2.29 bits per heavy atom. The zero-order valence-corrected chi connectivity index (χ0v) is 25.7. The van der Waals surface area contributed by atoms with E-state index in [0.29, 0.717) is 37.6 Å². The Hall–Kier alpha value is -3.75. The third kappa shape index (κ3) is 8.39. The second kappa shape index (κ2) is 14.4. The minimum atomic E-state index is -0.560. The van der Waals surface area contributed by atoms with Gasteiger partial charge in [-0.25, -0.2) is 0 Å². The average molecular weight is 639 g/mol. The van der Waals surface area contributed by atoms with Crippen molar-refractivity contribution in [2.24, 2.45) is 0 Å². The van der Waals surface area contributed by atoms with Gasteiger partial charge in [0.15, 0.2) is 0 Å². The van der Waals surface area contributed by atoms with Gasteiger partial charge in [0.25, 0.3) is 11.8 Å². The molecule has 0 aliphatic carbocycles. The van der Waals surface area contributed by atoms with Gasteiger partial charge in [-0.1, -0.05) is 71.2 Å². The lowest BCUT2D eigenvalue weighted by Gasteiger charge is -2.15. The maximum atomic E-state index is 13.4. The molecule has 0 saturated heterocycles. The predicted octanol–water partition coefficient (Wildman–Crippen LogP) is 8.48. The van der Waals surface area contributed by atoms with Crippen LogP contribution in [0.1, 0.15) is 28.4 Å². The molecule has 3 N–H and O–H groups in total. The van der Waals surface area contributed by atoms with Crippen LogP contribution >= 0.6 is 46.6 Å². The standard InChI is InChI=1S/C32H26Cl3N3O3S/c1-19-26(34)12-7-13-28(19)37-30(39)20(2)42-25-11-6-10-24(18-25)36-32(41)29(16-22-14-15-23(33)17-27(22)35)38-31(40)21-8-4-3-5-9-21/h3-18,20H,1-2H3,(H,36,41)(H,37,39)(H,38,40)/b29-16+. The largest absolute Gasteiger partial charge is 0.325 e. The summed E-state index contributed by atoms with van der Waals surface area (Å²) in [5, 5.41) is 9.32. The van der Waals surface area contributed by atoms with Crippen molar-refractivity contribution in [3.8, 4) is 0 Å². The van der Waals surface area contributed by atoms with E-state index in [0.717, 1.165) is 10.5 Å². The minimum absolute atomic E-state index is 0.0178. The van der Waals surface area contributed by atoms with E-state index in [-0.39, 0.29) is 11.6 Å². The van der Waals surface area contributed by atoms with Crippen LogP contribution in [-0.2, 0) is 9.59 Å². The van der Waals surface area contributed by atoms with Gasteiger partial charge in [-0.15, -0.1) is 11.8 Å². The molecule has 0 fully saturated rings. The molecule has 4 rings (SSSR count). The van der Waals surface area contributed by atoms with Crippen molar-refractivity contribution in [3.63, 3.8) is 0 Å². The van der Waals surface area contributed by atoms with Crippen molar-refractivity contribution in [3.05, 3.63) is 128 Å². The number of rotatable bonds is 9. The second-order valence-corrected chi connectivity index (χ2v) is 11.9. The van der Waals surface area contributed by atoms with E-state index >= 15 is 0 Å². The third-order valence-corrected chi connectivity index (χ3v) is 8.16. The molecule has 0 radical (unpaired) electrons. The van der Waals surface area contributed by atoms with E-state index in [4.69, 9.17) is 34.8 Å². The van der Waals surface area contributed by atoms with Crippen LogP contribution in [0.3, 0.4) is 0 Å². The van der Waals surface area contributed by atoms with Gasteiger partial charge in [0.1, 0.15) is 5.70 Å². The molecule has 42 heavy (non-hydrogen) atoms. The lowest BCUT2D eigenvalue weighted by molar-refractivity contribution is -0.115. The minimum Gasteiger partial charge on any atom is -0.325 e. The van der Waals surface area contributed by atoms with Crippen LogP contribution in [0, 0.1) is 6.92 Å². The van der Waals surface area contributed by atoms with Gasteiger partial charge >= 0.3 is 0 Å². The Morgan fingerprint density at radius 2 is 1.55 bits per heavy atom. The normalized spacial score (nSPS) is 11.9. The quantitative estimate of drug-likeness (QED) is 0.127. The number of amides is 3. The molecule has 0 bridgehead atoms. The van der Waals surface area contributed by atoms with Crippen LogP contribution in [0.2, 0.25) is 15.1 Å². The van der Waals surface area contributed by atoms with Gasteiger partial charge in [-0.3, -0.25) is 14.4 Å². The number of thioether (sulfide) groups is 1. The number of nitrogens with one attached hydrogen (secondary N) is 3. The Labute approximate surface area is 263 Å². The maximum Gasteiger partial charge on any atom is 0.272 e. The number of carbonyl (C=O) groups excluding carboxylic acids is 3. The van der Waals surface area contributed by atoms with Crippen molar-refractivity contribution < 1.29 is 14.4 Å². The van der Waals surface area contributed by atoms with Gasteiger partial charge in [-0.05, 0) is 85.6 Å². The van der Waals surface area contributed by atoms with Crippen LogP contribution in [0.25, 0.3) is 6.08 Å². The highest BCUT2D eigenvalue weighted by Gasteiger charge is 2.18. The molecule has 4 aromatic rings. The molecular weight excluding hydrogens is 613 g/mol. The Bertz CT molecular complexity index is 1660. The zero-order valence-electron chi connectivity index (χ0n) is 22.6. The summed E-state index contributed by atoms with van der Waals surface area (Å²) in [6.45, 7) is 3.63. The van der Waals surface area contributed by atoms with Crippen molar-refractivity contribution in [1.82, 2.24) is 5.32 Å². The summed E-state index contributed by atoms with van der Waals surface area (Å²) >= 11 is 19.9. The van der Waals surface area contributed by atoms with Gasteiger partial charge in [-0.2, -0.15) is 0 Å². The van der Waals surface area contributed by atoms with E-state index in [9.17, 15) is 14.4 Å². The number of halogens is 3. The molecule has 1 atom stereocenters. The highest BCUT2D eigenvalue weighted by Crippen LogP contribution is 2.29. The van der Waals surface area contributed by atoms with Crippen molar-refractivity contribution in [2.75, 3.05) is 10.6 Å². The molecule has 6 nitrogen and oxygen atoms in total. The van der Waals surface area contributed by atoms with Crippen molar-refractivity contribution >= 4 is 81.7 Å². The van der Waals surface area contributed by atoms with E-state index in [1.165, 1.54) is 17.8 Å².